The largest absolute Gasteiger partial charge is 0.472 e. The fourth-order valence-corrected chi connectivity index (χ4v) is 12.5. The molecule has 9 nitrogen and oxygen atoms in total. The molecule has 3 unspecified atom stereocenters. The van der Waals surface area contributed by atoms with Crippen molar-refractivity contribution < 1.29 is 37.3 Å². The highest BCUT2D eigenvalue weighted by atomic mass is 31.2. The number of hydrogen-bond acceptors (Lipinski definition) is 6. The Labute approximate surface area is 554 Å². The summed E-state index contributed by atoms with van der Waals surface area (Å²) in [6, 6.07) is -0.848. The van der Waals surface area contributed by atoms with E-state index in [1.165, 1.54) is 295 Å². The summed E-state index contributed by atoms with van der Waals surface area (Å²) in [7, 11) is 1.51. The first-order chi connectivity index (χ1) is 43.4. The summed E-state index contributed by atoms with van der Waals surface area (Å²) in [6.45, 7) is 7.05. The minimum absolute atomic E-state index is 0.0423. The molecule has 89 heavy (non-hydrogen) atoms. The summed E-state index contributed by atoms with van der Waals surface area (Å²) in [4.78, 5) is 38.0. The van der Waals surface area contributed by atoms with Gasteiger partial charge in [-0.25, -0.2) is 4.57 Å². The molecule has 0 spiro atoms. The van der Waals surface area contributed by atoms with Gasteiger partial charge in [-0.15, -0.1) is 0 Å². The van der Waals surface area contributed by atoms with E-state index in [-0.39, 0.29) is 25.1 Å². The quantitative estimate of drug-likeness (QED) is 0.0205. The average Bonchev–Trinajstić information content (AvgIpc) is 3.64. The maximum atomic E-state index is 13.7. The van der Waals surface area contributed by atoms with E-state index in [9.17, 15) is 19.0 Å². The Balaban J connectivity index is 4.96. The molecule has 0 heterocycles. The monoisotopic (exact) mass is 1270 g/mol. The van der Waals surface area contributed by atoms with E-state index in [0.29, 0.717) is 23.9 Å². The number of nitrogens with one attached hydrogen (secondary N) is 1. The molecule has 0 aliphatic rings. The van der Waals surface area contributed by atoms with Crippen molar-refractivity contribution in [1.29, 1.82) is 0 Å². The molecule has 0 bridgehead atoms. The topological polar surface area (TPSA) is 111 Å². The molecular formula is C79H152N2O7P+. The lowest BCUT2D eigenvalue weighted by molar-refractivity contribution is -0.870. The Morgan fingerprint density at radius 2 is 0.685 bits per heavy atom. The first-order valence-electron chi connectivity index (χ1n) is 39.0. The van der Waals surface area contributed by atoms with E-state index in [1.807, 2.05) is 27.2 Å². The normalized spacial score (nSPS) is 13.7. The van der Waals surface area contributed by atoms with Crippen LogP contribution in [0.4, 0.5) is 0 Å². The molecule has 0 aromatic carbocycles. The lowest BCUT2D eigenvalue weighted by Crippen LogP contribution is -2.47. The molecule has 524 valence electrons. The third-order valence-corrected chi connectivity index (χ3v) is 18.7. The number of ether oxygens (including phenoxy) is 1. The van der Waals surface area contributed by atoms with Gasteiger partial charge in [0.1, 0.15) is 19.3 Å². The number of hydrogen-bond donors (Lipinski definition) is 2. The first kappa shape index (κ1) is 87.0. The highest BCUT2D eigenvalue weighted by molar-refractivity contribution is 7.47. The zero-order valence-electron chi connectivity index (χ0n) is 60.2. The van der Waals surface area contributed by atoms with Gasteiger partial charge in [0.2, 0.25) is 5.91 Å². The van der Waals surface area contributed by atoms with Crippen LogP contribution in [0, 0.1) is 0 Å². The van der Waals surface area contributed by atoms with Gasteiger partial charge in [-0.2, -0.15) is 0 Å². The van der Waals surface area contributed by atoms with E-state index < -0.39 is 20.0 Å². The Morgan fingerprint density at radius 1 is 0.393 bits per heavy atom. The predicted octanol–water partition coefficient (Wildman–Crippen LogP) is 25.1. The first-order valence-corrected chi connectivity index (χ1v) is 40.5. The highest BCUT2D eigenvalue weighted by Gasteiger charge is 2.30. The maximum Gasteiger partial charge on any atom is 0.472 e. The van der Waals surface area contributed by atoms with Gasteiger partial charge >= 0.3 is 13.8 Å². The van der Waals surface area contributed by atoms with Crippen molar-refractivity contribution in [3.05, 3.63) is 48.6 Å². The van der Waals surface area contributed by atoms with Crippen LogP contribution >= 0.6 is 7.82 Å². The van der Waals surface area contributed by atoms with E-state index >= 15 is 0 Å². The number of carbonyl (C=O) groups is 2. The average molecular weight is 1270 g/mol. The number of phosphoric acid groups is 1. The second kappa shape index (κ2) is 68.8. The van der Waals surface area contributed by atoms with Crippen molar-refractivity contribution in [3.63, 3.8) is 0 Å². The summed E-state index contributed by atoms with van der Waals surface area (Å²) in [5.74, 6) is -0.484. The van der Waals surface area contributed by atoms with Gasteiger partial charge in [-0.1, -0.05) is 339 Å². The fourth-order valence-electron chi connectivity index (χ4n) is 11.7. The van der Waals surface area contributed by atoms with Crippen molar-refractivity contribution in [2.24, 2.45) is 0 Å². The van der Waals surface area contributed by atoms with Crippen LogP contribution in [0.1, 0.15) is 393 Å². The number of carbonyl (C=O) groups excluding carboxylic acids is 2. The molecular weight excluding hydrogens is 1120 g/mol. The van der Waals surface area contributed by atoms with Gasteiger partial charge < -0.3 is 19.4 Å². The number of allylic oxidation sites excluding steroid dienone is 7. The van der Waals surface area contributed by atoms with Crippen LogP contribution in [0.3, 0.4) is 0 Å². The molecule has 0 fully saturated rings. The summed E-state index contributed by atoms with van der Waals surface area (Å²) >= 11 is 0. The number of rotatable bonds is 72. The van der Waals surface area contributed by atoms with Crippen molar-refractivity contribution in [2.45, 2.75) is 405 Å². The summed E-state index contributed by atoms with van der Waals surface area (Å²) in [5, 5.41) is 3.09. The zero-order chi connectivity index (χ0) is 64.9. The molecule has 0 aromatic rings. The predicted molar refractivity (Wildman–Crippen MR) is 388 cm³/mol. The lowest BCUT2D eigenvalue weighted by Gasteiger charge is -2.27. The zero-order valence-corrected chi connectivity index (χ0v) is 61.1. The van der Waals surface area contributed by atoms with Gasteiger partial charge in [0.25, 0.3) is 0 Å². The van der Waals surface area contributed by atoms with Crippen LogP contribution in [0.15, 0.2) is 48.6 Å². The van der Waals surface area contributed by atoms with E-state index in [0.717, 1.165) is 64.2 Å². The second-order valence-corrected chi connectivity index (χ2v) is 29.3. The highest BCUT2D eigenvalue weighted by Crippen LogP contribution is 2.43. The molecule has 0 aromatic heterocycles. The number of phosphoric ester groups is 1. The number of nitrogens with zero attached hydrogens (tertiary/aromatic N) is 1. The number of quaternary nitrogens is 1. The van der Waals surface area contributed by atoms with Crippen LogP contribution in [0.2, 0.25) is 0 Å². The number of amides is 1. The van der Waals surface area contributed by atoms with Crippen molar-refractivity contribution in [3.8, 4) is 0 Å². The van der Waals surface area contributed by atoms with Crippen molar-refractivity contribution >= 4 is 19.7 Å². The second-order valence-electron chi connectivity index (χ2n) is 27.9. The van der Waals surface area contributed by atoms with Crippen molar-refractivity contribution in [1.82, 2.24) is 5.32 Å². The molecule has 0 saturated carbocycles. The van der Waals surface area contributed by atoms with E-state index in [1.54, 1.807) is 0 Å². The SMILES string of the molecule is CCCCC/C=C\C/C=C\CCCCCCCCCCCCCCCC(=O)NC(COP(=O)(O)OCC[N+](C)(C)C)C(/C=C/CCCCCCCCCCCCC)OC(=O)CCCCCCCCCCCCCCCCCCC/C=C/CCCCCCCC. The molecule has 1 amide bonds. The minimum atomic E-state index is -4.46. The standard InChI is InChI=1S/C79H151N2O7P/c1-7-10-13-16-19-22-25-28-30-32-34-36-38-39-40-41-43-45-47-49-51-54-57-60-63-66-69-72-79(83)88-77(70-67-64-61-58-55-52-27-24-21-18-15-12-9-3)76(75-87-89(84,85)86-74-73-81(4,5)6)80-78(82)71-68-65-62-59-56-53-50-48-46-44-42-37-35-33-31-29-26-23-20-17-14-11-8-2/h20,23,28-31,67,70,76-77H,7-19,21-22,24-27,32-66,68-69,71-75H2,1-6H3,(H-,80,82,84,85)/p+1/b23-20-,30-28+,31-29-,70-67+. The molecule has 0 aliphatic heterocycles. The Hall–Kier alpha value is -2.03. The van der Waals surface area contributed by atoms with Gasteiger partial charge in [0.05, 0.1) is 33.8 Å². The Kier molecular flexibility index (Phi) is 67.2. The minimum Gasteiger partial charge on any atom is -0.456 e. The van der Waals surface area contributed by atoms with Crippen molar-refractivity contribution in [2.75, 3.05) is 40.9 Å². The molecule has 0 rings (SSSR count). The van der Waals surface area contributed by atoms with Gasteiger partial charge in [0.15, 0.2) is 0 Å². The summed E-state index contributed by atoms with van der Waals surface area (Å²) in [5.41, 5.74) is 0. The van der Waals surface area contributed by atoms with E-state index in [4.69, 9.17) is 13.8 Å². The van der Waals surface area contributed by atoms with Gasteiger partial charge in [-0.3, -0.25) is 18.6 Å². The van der Waals surface area contributed by atoms with Crippen LogP contribution in [0.5, 0.6) is 0 Å². The van der Waals surface area contributed by atoms with Crippen LogP contribution in [0.25, 0.3) is 0 Å². The van der Waals surface area contributed by atoms with Gasteiger partial charge in [-0.05, 0) is 89.5 Å². The Bertz CT molecular complexity index is 1660. The number of unbranched alkanes of at least 4 members (excludes halogenated alkanes) is 50. The third-order valence-electron chi connectivity index (χ3n) is 17.7. The van der Waals surface area contributed by atoms with Crippen LogP contribution in [-0.2, 0) is 27.9 Å². The maximum absolute atomic E-state index is 13.7. The van der Waals surface area contributed by atoms with Crippen LogP contribution in [-0.4, -0.2) is 74.3 Å². The number of esters is 1. The lowest BCUT2D eigenvalue weighted by atomic mass is 10.0. The molecule has 10 heteroatoms. The number of likely N-dealkylation sites (N-methyl/N-ethyl adjacent to an activating group) is 1. The molecule has 0 saturated heterocycles. The molecule has 2 N–H and O–H groups in total. The molecule has 3 atom stereocenters. The van der Waals surface area contributed by atoms with Crippen LogP contribution < -0.4 is 5.32 Å². The third kappa shape index (κ3) is 70.1. The summed E-state index contributed by atoms with van der Waals surface area (Å²) < 4.78 is 30.9. The smallest absolute Gasteiger partial charge is 0.456 e. The fraction of sp³-hybridized carbons (Fsp3) is 0.873. The Morgan fingerprint density at radius 3 is 1.04 bits per heavy atom. The van der Waals surface area contributed by atoms with E-state index in [2.05, 4.69) is 68.6 Å². The molecule has 0 radical (unpaired) electrons. The molecule has 0 aliphatic carbocycles. The summed E-state index contributed by atoms with van der Waals surface area (Å²) in [6.07, 6.45) is 88.5. The van der Waals surface area contributed by atoms with Gasteiger partial charge in [0, 0.05) is 12.8 Å².